The molecular formula is C17H19NO4. The summed E-state index contributed by atoms with van der Waals surface area (Å²) < 4.78 is 6.79. The van der Waals surface area contributed by atoms with E-state index in [1.54, 1.807) is 24.8 Å². The van der Waals surface area contributed by atoms with Crippen LogP contribution in [0, 0.1) is 6.92 Å². The highest BCUT2D eigenvalue weighted by atomic mass is 16.5. The third-order valence-corrected chi connectivity index (χ3v) is 3.68. The fraction of sp³-hybridized carbons (Fsp3) is 0.294. The van der Waals surface area contributed by atoms with Crippen molar-refractivity contribution < 1.29 is 14.6 Å². The van der Waals surface area contributed by atoms with E-state index in [2.05, 4.69) is 0 Å². The number of carboxylic acid groups (broad SMARTS) is 1. The number of aliphatic carboxylic acids is 1. The number of ether oxygens (including phenoxy) is 1. The first-order valence-electron chi connectivity index (χ1n) is 6.99. The average molecular weight is 301 g/mol. The summed E-state index contributed by atoms with van der Waals surface area (Å²) in [7, 11) is 3.32. The normalized spacial score (nSPS) is 10.5. The van der Waals surface area contributed by atoms with Crippen LogP contribution in [0.25, 0.3) is 11.3 Å². The summed E-state index contributed by atoms with van der Waals surface area (Å²) in [5, 5.41) is 8.73. The van der Waals surface area contributed by atoms with Gasteiger partial charge < -0.3 is 14.4 Å². The monoisotopic (exact) mass is 301 g/mol. The van der Waals surface area contributed by atoms with Gasteiger partial charge in [0.15, 0.2) is 0 Å². The Balaban J connectivity index is 2.41. The predicted molar refractivity (Wildman–Crippen MR) is 84.4 cm³/mol. The summed E-state index contributed by atoms with van der Waals surface area (Å²) in [6, 6.07) is 9.29. The van der Waals surface area contributed by atoms with Crippen molar-refractivity contribution in [2.45, 2.75) is 19.8 Å². The lowest BCUT2D eigenvalue weighted by Gasteiger charge is -2.12. The van der Waals surface area contributed by atoms with Crippen LogP contribution in [0.4, 0.5) is 0 Å². The minimum Gasteiger partial charge on any atom is -0.496 e. The molecule has 0 radical (unpaired) electrons. The Labute approximate surface area is 128 Å². The number of nitrogens with zero attached hydrogens (tertiary/aromatic N) is 1. The first-order chi connectivity index (χ1) is 10.4. The second-order valence-corrected chi connectivity index (χ2v) is 5.19. The molecule has 2 rings (SSSR count). The fourth-order valence-electron chi connectivity index (χ4n) is 2.45. The summed E-state index contributed by atoms with van der Waals surface area (Å²) in [5.74, 6) is -0.108. The van der Waals surface area contributed by atoms with Gasteiger partial charge in [-0.3, -0.25) is 9.59 Å². The first-order valence-corrected chi connectivity index (χ1v) is 6.99. The second-order valence-electron chi connectivity index (χ2n) is 5.19. The van der Waals surface area contributed by atoms with Crippen LogP contribution in [-0.2, 0) is 18.3 Å². The molecule has 0 aliphatic carbocycles. The molecule has 0 unspecified atom stereocenters. The van der Waals surface area contributed by atoms with Crippen LogP contribution >= 0.6 is 0 Å². The molecule has 22 heavy (non-hydrogen) atoms. The third-order valence-electron chi connectivity index (χ3n) is 3.68. The van der Waals surface area contributed by atoms with Gasteiger partial charge in [0.25, 0.3) is 5.56 Å². The molecule has 2 aromatic rings. The van der Waals surface area contributed by atoms with Gasteiger partial charge in [0.2, 0.25) is 0 Å². The van der Waals surface area contributed by atoms with Crippen LogP contribution < -0.4 is 10.3 Å². The minimum absolute atomic E-state index is 0.0454. The Kier molecular flexibility index (Phi) is 4.65. The highest BCUT2D eigenvalue weighted by Gasteiger charge is 2.10. The predicted octanol–water partition coefficient (Wildman–Crippen LogP) is 2.39. The summed E-state index contributed by atoms with van der Waals surface area (Å²) in [6.45, 7) is 1.95. The van der Waals surface area contributed by atoms with E-state index in [0.29, 0.717) is 5.56 Å². The standard InChI is InChI=1S/C17H19NO4/c1-11-10-13(5-8-15(11)22-3)14-7-4-12(6-9-16(19)20)17(21)18(14)2/h4-5,7-8,10H,6,9H2,1-3H3,(H,19,20). The van der Waals surface area contributed by atoms with E-state index in [0.717, 1.165) is 22.6 Å². The van der Waals surface area contributed by atoms with Gasteiger partial charge in [-0.1, -0.05) is 6.07 Å². The Morgan fingerprint density at radius 3 is 2.59 bits per heavy atom. The van der Waals surface area contributed by atoms with Crippen molar-refractivity contribution in [1.82, 2.24) is 4.57 Å². The van der Waals surface area contributed by atoms with Gasteiger partial charge in [-0.05, 0) is 48.7 Å². The van der Waals surface area contributed by atoms with Crippen LogP contribution in [0.15, 0.2) is 35.1 Å². The molecule has 0 fully saturated rings. The molecule has 1 aromatic carbocycles. The Morgan fingerprint density at radius 2 is 2.00 bits per heavy atom. The van der Waals surface area contributed by atoms with Gasteiger partial charge in [0.1, 0.15) is 5.75 Å². The maximum absolute atomic E-state index is 12.3. The van der Waals surface area contributed by atoms with Crippen molar-refractivity contribution in [2.24, 2.45) is 7.05 Å². The van der Waals surface area contributed by atoms with Gasteiger partial charge in [0.05, 0.1) is 12.8 Å². The largest absolute Gasteiger partial charge is 0.496 e. The number of methoxy groups -OCH3 is 1. The SMILES string of the molecule is COc1ccc(-c2ccc(CCC(=O)O)c(=O)n2C)cc1C. The Bertz CT molecular complexity index is 762. The summed E-state index contributed by atoms with van der Waals surface area (Å²) >= 11 is 0. The summed E-state index contributed by atoms with van der Waals surface area (Å²) in [6.07, 6.45) is 0.195. The first kappa shape index (κ1) is 15.8. The van der Waals surface area contributed by atoms with E-state index in [1.807, 2.05) is 31.2 Å². The molecule has 0 atom stereocenters. The van der Waals surface area contributed by atoms with Gasteiger partial charge >= 0.3 is 5.97 Å². The van der Waals surface area contributed by atoms with Crippen LogP contribution in [-0.4, -0.2) is 22.8 Å². The van der Waals surface area contributed by atoms with Crippen LogP contribution in [0.2, 0.25) is 0 Å². The van der Waals surface area contributed by atoms with Crippen molar-refractivity contribution in [1.29, 1.82) is 0 Å². The molecule has 5 heteroatoms. The average Bonchev–Trinajstić information content (AvgIpc) is 2.48. The van der Waals surface area contributed by atoms with E-state index < -0.39 is 5.97 Å². The maximum Gasteiger partial charge on any atom is 0.303 e. The van der Waals surface area contributed by atoms with Gasteiger partial charge in [0, 0.05) is 19.0 Å². The zero-order chi connectivity index (χ0) is 16.3. The molecule has 1 N–H and O–H groups in total. The second kappa shape index (κ2) is 6.47. The molecule has 0 saturated carbocycles. The lowest BCUT2D eigenvalue weighted by Crippen LogP contribution is -2.22. The van der Waals surface area contributed by atoms with E-state index >= 15 is 0 Å². The lowest BCUT2D eigenvalue weighted by molar-refractivity contribution is -0.136. The quantitative estimate of drug-likeness (QED) is 0.920. The topological polar surface area (TPSA) is 68.5 Å². The van der Waals surface area contributed by atoms with Crippen molar-refractivity contribution in [3.05, 3.63) is 51.8 Å². The van der Waals surface area contributed by atoms with E-state index in [4.69, 9.17) is 9.84 Å². The lowest BCUT2D eigenvalue weighted by atomic mass is 10.0. The third kappa shape index (κ3) is 3.19. The number of rotatable bonds is 5. The number of aryl methyl sites for hydroxylation is 2. The number of aromatic nitrogens is 1. The zero-order valence-electron chi connectivity index (χ0n) is 12.9. The highest BCUT2D eigenvalue weighted by Crippen LogP contribution is 2.25. The van der Waals surface area contributed by atoms with E-state index in [-0.39, 0.29) is 18.4 Å². The number of pyridine rings is 1. The number of benzene rings is 1. The van der Waals surface area contributed by atoms with Crippen molar-refractivity contribution in [3.63, 3.8) is 0 Å². The zero-order valence-corrected chi connectivity index (χ0v) is 12.9. The van der Waals surface area contributed by atoms with Crippen LogP contribution in [0.1, 0.15) is 17.5 Å². The van der Waals surface area contributed by atoms with E-state index in [9.17, 15) is 9.59 Å². The van der Waals surface area contributed by atoms with Gasteiger partial charge in [-0.25, -0.2) is 0 Å². The van der Waals surface area contributed by atoms with Gasteiger partial charge in [-0.15, -0.1) is 0 Å². The van der Waals surface area contributed by atoms with Crippen molar-refractivity contribution >= 4 is 5.97 Å². The molecule has 0 aliphatic heterocycles. The van der Waals surface area contributed by atoms with Crippen molar-refractivity contribution in [3.8, 4) is 17.0 Å². The van der Waals surface area contributed by atoms with E-state index in [1.165, 1.54) is 0 Å². The molecule has 5 nitrogen and oxygen atoms in total. The molecule has 0 aliphatic rings. The number of hydrogen-bond acceptors (Lipinski definition) is 3. The smallest absolute Gasteiger partial charge is 0.303 e. The Morgan fingerprint density at radius 1 is 1.27 bits per heavy atom. The highest BCUT2D eigenvalue weighted by molar-refractivity contribution is 5.67. The molecule has 1 heterocycles. The van der Waals surface area contributed by atoms with Gasteiger partial charge in [-0.2, -0.15) is 0 Å². The number of hydrogen-bond donors (Lipinski definition) is 1. The number of carbonyl (C=O) groups is 1. The molecule has 0 saturated heterocycles. The Hall–Kier alpha value is -2.56. The molecule has 0 amide bonds. The molecule has 0 spiro atoms. The number of carboxylic acids is 1. The van der Waals surface area contributed by atoms with Crippen LogP contribution in [0.3, 0.4) is 0 Å². The fourth-order valence-corrected chi connectivity index (χ4v) is 2.45. The molecule has 1 aromatic heterocycles. The minimum atomic E-state index is -0.906. The maximum atomic E-state index is 12.3. The molecule has 0 bridgehead atoms. The molecule has 116 valence electrons. The van der Waals surface area contributed by atoms with Crippen molar-refractivity contribution in [2.75, 3.05) is 7.11 Å². The summed E-state index contributed by atoms with van der Waals surface area (Å²) in [4.78, 5) is 23.0. The molecular weight excluding hydrogens is 282 g/mol. The van der Waals surface area contributed by atoms with Crippen LogP contribution in [0.5, 0.6) is 5.75 Å². The summed E-state index contributed by atoms with van der Waals surface area (Å²) in [5.41, 5.74) is 3.05.